The van der Waals surface area contributed by atoms with Crippen molar-refractivity contribution in [2.24, 2.45) is 11.7 Å². The first kappa shape index (κ1) is 27.8. The normalized spacial score (nSPS) is 24.0. The Morgan fingerprint density at radius 3 is 2.49 bits per heavy atom. The van der Waals surface area contributed by atoms with Gasteiger partial charge in [0.05, 0.1) is 23.0 Å². The van der Waals surface area contributed by atoms with Gasteiger partial charge >= 0.3 is 0 Å². The summed E-state index contributed by atoms with van der Waals surface area (Å²) in [5, 5.41) is 1.17. The molecule has 2 aliphatic carbocycles. The molecule has 3 aromatic rings. The molecule has 0 atom stereocenters. The van der Waals surface area contributed by atoms with Gasteiger partial charge in [0.25, 0.3) is 5.91 Å². The number of nitrogens with zero attached hydrogens (tertiary/aromatic N) is 4. The smallest absolute Gasteiger partial charge is 0.256 e. The molecule has 1 aromatic carbocycles. The van der Waals surface area contributed by atoms with Crippen LogP contribution in [-0.2, 0) is 0 Å². The Balaban J connectivity index is 1.37. The zero-order valence-electron chi connectivity index (χ0n) is 23.9. The van der Waals surface area contributed by atoms with Gasteiger partial charge in [0.2, 0.25) is 0 Å². The fraction of sp³-hybridized carbons (Fsp3) is 0.562. The van der Waals surface area contributed by atoms with Crippen LogP contribution in [0, 0.1) is 11.7 Å². The second kappa shape index (κ2) is 11.8. The Kier molecular flexibility index (Phi) is 8.38. The second-order valence-electron chi connectivity index (χ2n) is 12.2. The zero-order chi connectivity index (χ0) is 27.7. The highest BCUT2D eigenvalue weighted by Crippen LogP contribution is 2.40. The van der Waals surface area contributed by atoms with Crippen LogP contribution in [0.1, 0.15) is 87.1 Å². The molecule has 0 unspecified atom stereocenters. The van der Waals surface area contributed by atoms with Gasteiger partial charge in [-0.15, -0.1) is 0 Å². The van der Waals surface area contributed by atoms with Crippen LogP contribution in [-0.4, -0.2) is 64.0 Å². The van der Waals surface area contributed by atoms with E-state index in [1.165, 1.54) is 68.2 Å². The Labute approximate surface area is 232 Å². The molecule has 2 heterocycles. The maximum atomic E-state index is 14.4. The number of pyridine rings is 1. The number of carbonyl (C=O) groups excluding carboxylic acids is 1. The maximum Gasteiger partial charge on any atom is 0.256 e. The molecule has 1 amide bonds. The van der Waals surface area contributed by atoms with Gasteiger partial charge in [-0.3, -0.25) is 9.78 Å². The predicted molar refractivity (Wildman–Crippen MR) is 156 cm³/mol. The van der Waals surface area contributed by atoms with E-state index in [2.05, 4.69) is 29.2 Å². The van der Waals surface area contributed by atoms with E-state index in [-0.39, 0.29) is 11.9 Å². The van der Waals surface area contributed by atoms with Gasteiger partial charge in [0, 0.05) is 49.5 Å². The molecule has 2 aromatic heterocycles. The molecule has 0 aliphatic heterocycles. The largest absolute Gasteiger partial charge is 0.339 e. The van der Waals surface area contributed by atoms with Crippen LogP contribution in [0.2, 0.25) is 0 Å². The lowest BCUT2D eigenvalue weighted by Gasteiger charge is -2.37. The molecule has 2 N–H and O–H groups in total. The van der Waals surface area contributed by atoms with E-state index in [0.717, 1.165) is 24.3 Å². The predicted octanol–water partition coefficient (Wildman–Crippen LogP) is 6.12. The number of hydrogen-bond acceptors (Lipinski definition) is 4. The average molecular weight is 534 g/mol. The number of fused-ring (bicyclic) bond motifs is 1. The third-order valence-electron chi connectivity index (χ3n) is 9.38. The summed E-state index contributed by atoms with van der Waals surface area (Å²) in [6.07, 6.45) is 15.4. The molecule has 0 bridgehead atoms. The molecule has 0 radical (unpaired) electrons. The summed E-state index contributed by atoms with van der Waals surface area (Å²) in [7, 11) is 4.07. The molecule has 0 saturated heterocycles. The number of amides is 1. The van der Waals surface area contributed by atoms with E-state index < -0.39 is 5.82 Å². The summed E-state index contributed by atoms with van der Waals surface area (Å²) in [4.78, 5) is 22.0. The third-order valence-corrected chi connectivity index (χ3v) is 9.38. The van der Waals surface area contributed by atoms with E-state index in [0.29, 0.717) is 29.3 Å². The van der Waals surface area contributed by atoms with Crippen molar-refractivity contribution in [1.82, 2.24) is 19.4 Å². The first-order valence-corrected chi connectivity index (χ1v) is 14.7. The monoisotopic (exact) mass is 533 g/mol. The maximum absolute atomic E-state index is 14.4. The summed E-state index contributed by atoms with van der Waals surface area (Å²) in [6.45, 7) is 5.10. The lowest BCUT2D eigenvalue weighted by atomic mass is 9.80. The van der Waals surface area contributed by atoms with Crippen LogP contribution in [0.5, 0.6) is 0 Å². The number of rotatable bonds is 7. The molecule has 39 heavy (non-hydrogen) atoms. The van der Waals surface area contributed by atoms with Crippen LogP contribution in [0.25, 0.3) is 16.6 Å². The van der Waals surface area contributed by atoms with Crippen molar-refractivity contribution in [1.29, 1.82) is 0 Å². The number of hydrogen-bond donors (Lipinski definition) is 1. The van der Waals surface area contributed by atoms with Crippen molar-refractivity contribution in [2.75, 3.05) is 20.6 Å². The molecule has 0 spiro atoms. The van der Waals surface area contributed by atoms with Crippen molar-refractivity contribution < 1.29 is 9.18 Å². The highest BCUT2D eigenvalue weighted by molar-refractivity contribution is 5.99. The van der Waals surface area contributed by atoms with Gasteiger partial charge in [0.1, 0.15) is 5.82 Å². The zero-order valence-corrected chi connectivity index (χ0v) is 23.9. The topological polar surface area (TPSA) is 67.4 Å². The van der Waals surface area contributed by atoms with Crippen molar-refractivity contribution in [3.8, 4) is 5.69 Å². The fourth-order valence-corrected chi connectivity index (χ4v) is 6.69. The first-order valence-electron chi connectivity index (χ1n) is 14.7. The average Bonchev–Trinajstić information content (AvgIpc) is 3.33. The summed E-state index contributed by atoms with van der Waals surface area (Å²) in [5.74, 6) is 0.634. The van der Waals surface area contributed by atoms with Crippen molar-refractivity contribution >= 4 is 16.8 Å². The van der Waals surface area contributed by atoms with Gasteiger partial charge in [-0.25, -0.2) is 4.39 Å². The molecule has 2 aliphatic rings. The highest BCUT2D eigenvalue weighted by atomic mass is 19.1. The molecule has 210 valence electrons. The Morgan fingerprint density at radius 2 is 1.79 bits per heavy atom. The summed E-state index contributed by atoms with van der Waals surface area (Å²) < 4.78 is 16.4. The molecule has 2 fully saturated rings. The van der Waals surface area contributed by atoms with E-state index in [9.17, 15) is 9.18 Å². The number of benzene rings is 1. The molecule has 7 heteroatoms. The molecular weight excluding hydrogens is 489 g/mol. The molecule has 6 nitrogen and oxygen atoms in total. The summed E-state index contributed by atoms with van der Waals surface area (Å²) >= 11 is 0. The first-order chi connectivity index (χ1) is 18.7. The number of nitrogens with two attached hydrogens (primary N) is 1. The lowest BCUT2D eigenvalue weighted by molar-refractivity contribution is 0.0754. The van der Waals surface area contributed by atoms with Crippen LogP contribution in [0.4, 0.5) is 4.39 Å². The van der Waals surface area contributed by atoms with Gasteiger partial charge in [-0.05, 0) is 114 Å². The van der Waals surface area contributed by atoms with Crippen LogP contribution in [0.3, 0.4) is 0 Å². The Bertz CT molecular complexity index is 1290. The molecule has 5 rings (SSSR count). The van der Waals surface area contributed by atoms with Crippen molar-refractivity contribution in [3.05, 3.63) is 59.8 Å². The Morgan fingerprint density at radius 1 is 1.08 bits per heavy atom. The minimum Gasteiger partial charge on any atom is -0.339 e. The second-order valence-corrected chi connectivity index (χ2v) is 12.2. The standard InChI is InChI=1S/C32H44FN5O/c1-21(2)37(4)32(39)28-17-24(33)9-14-30(28)38-20-29(27-15-16-35-18-31(27)38)23-7-12-26(13-8-23)36(3)19-22-5-10-25(34)11-6-22/h9,14-18,20-23,25-26H,5-8,10-13,19,34H2,1-4H3. The number of aromatic nitrogens is 2. The van der Waals surface area contributed by atoms with Crippen molar-refractivity contribution in [2.45, 2.75) is 89.3 Å². The van der Waals surface area contributed by atoms with Crippen LogP contribution >= 0.6 is 0 Å². The van der Waals surface area contributed by atoms with Crippen LogP contribution < -0.4 is 5.73 Å². The van der Waals surface area contributed by atoms with Gasteiger partial charge in [0.15, 0.2) is 0 Å². The van der Waals surface area contributed by atoms with E-state index in [1.54, 1.807) is 18.0 Å². The number of carbonyl (C=O) groups is 1. The minimum atomic E-state index is -0.410. The summed E-state index contributed by atoms with van der Waals surface area (Å²) in [5.41, 5.74) is 9.44. The van der Waals surface area contributed by atoms with Gasteiger partial charge in [-0.1, -0.05) is 0 Å². The van der Waals surface area contributed by atoms with Crippen molar-refractivity contribution in [3.63, 3.8) is 0 Å². The Hall–Kier alpha value is -2.77. The van der Waals surface area contributed by atoms with E-state index in [4.69, 9.17) is 5.73 Å². The van der Waals surface area contributed by atoms with Crippen LogP contribution in [0.15, 0.2) is 42.9 Å². The number of halogens is 1. The fourth-order valence-electron chi connectivity index (χ4n) is 6.69. The summed E-state index contributed by atoms with van der Waals surface area (Å²) in [6, 6.07) is 7.63. The lowest BCUT2D eigenvalue weighted by Crippen LogP contribution is -2.39. The third kappa shape index (κ3) is 5.90. The quantitative estimate of drug-likeness (QED) is 0.397. The van der Waals surface area contributed by atoms with E-state index >= 15 is 0 Å². The SMILES string of the molecule is CC(C)N(C)C(=O)c1cc(F)ccc1-n1cc(C2CCC(N(C)CC3CCC(N)CC3)CC2)c2ccncc21. The van der Waals surface area contributed by atoms with Gasteiger partial charge < -0.3 is 20.1 Å². The molecule has 2 saturated carbocycles. The van der Waals surface area contributed by atoms with E-state index in [1.807, 2.05) is 30.8 Å². The molecular formula is C32H44FN5O. The highest BCUT2D eigenvalue weighted by Gasteiger charge is 2.30. The minimum absolute atomic E-state index is 0.0104. The van der Waals surface area contributed by atoms with Gasteiger partial charge in [-0.2, -0.15) is 0 Å².